The highest BCUT2D eigenvalue weighted by molar-refractivity contribution is 8.14. The summed E-state index contributed by atoms with van der Waals surface area (Å²) in [4.78, 5) is 8.92. The molecule has 0 radical (unpaired) electrons. The van der Waals surface area contributed by atoms with Crippen molar-refractivity contribution < 1.29 is 0 Å². The van der Waals surface area contributed by atoms with Gasteiger partial charge in [0.15, 0.2) is 0 Å². The van der Waals surface area contributed by atoms with Gasteiger partial charge >= 0.3 is 0 Å². The largest absolute Gasteiger partial charge is 0.292 e. The van der Waals surface area contributed by atoms with Crippen LogP contribution >= 0.6 is 11.8 Å². The molecule has 2 unspecified atom stereocenters. The second-order valence-corrected chi connectivity index (χ2v) is 4.52. The number of fused-ring (bicyclic) bond motifs is 3. The maximum atomic E-state index is 4.62. The minimum Gasteiger partial charge on any atom is -0.292 e. The zero-order valence-electron chi connectivity index (χ0n) is 6.73. The molecular formula is C9H10N2S. The van der Waals surface area contributed by atoms with E-state index in [-0.39, 0.29) is 0 Å². The Balaban J connectivity index is 2.02. The summed E-state index contributed by atoms with van der Waals surface area (Å²) in [5.41, 5.74) is 1.28. The second-order valence-electron chi connectivity index (χ2n) is 3.41. The molecule has 2 nitrogen and oxygen atoms in total. The number of hydrogen-bond acceptors (Lipinski definition) is 3. The molecule has 0 amide bonds. The third-order valence-electron chi connectivity index (χ3n) is 2.75. The fourth-order valence-electron chi connectivity index (χ4n) is 2.11. The highest BCUT2D eigenvalue weighted by Crippen LogP contribution is 2.43. The lowest BCUT2D eigenvalue weighted by atomic mass is 9.90. The molecule has 3 aliphatic rings. The van der Waals surface area contributed by atoms with Crippen LogP contribution in [0.25, 0.3) is 0 Å². The minimum atomic E-state index is 0.625. The average molecular weight is 178 g/mol. The topological polar surface area (TPSA) is 24.7 Å². The first kappa shape index (κ1) is 6.89. The number of hydrogen-bond donors (Lipinski definition) is 0. The number of nitrogens with zero attached hydrogens (tertiary/aromatic N) is 2. The van der Waals surface area contributed by atoms with Crippen LogP contribution in [0.4, 0.5) is 0 Å². The first-order valence-corrected chi connectivity index (χ1v) is 5.35. The molecule has 12 heavy (non-hydrogen) atoms. The Morgan fingerprint density at radius 3 is 3.42 bits per heavy atom. The van der Waals surface area contributed by atoms with Gasteiger partial charge in [-0.25, -0.2) is 0 Å². The molecule has 3 heteroatoms. The van der Waals surface area contributed by atoms with Crippen LogP contribution < -0.4 is 0 Å². The van der Waals surface area contributed by atoms with Gasteiger partial charge in [-0.3, -0.25) is 9.98 Å². The Kier molecular flexibility index (Phi) is 1.41. The van der Waals surface area contributed by atoms with Crippen molar-refractivity contribution in [3.05, 3.63) is 11.8 Å². The van der Waals surface area contributed by atoms with Crippen LogP contribution in [0.1, 0.15) is 6.42 Å². The lowest BCUT2D eigenvalue weighted by Gasteiger charge is -2.16. The highest BCUT2D eigenvalue weighted by Gasteiger charge is 2.38. The van der Waals surface area contributed by atoms with E-state index in [4.69, 9.17) is 0 Å². The SMILES string of the molecule is C1=NCC2C(=C1)N=C1SCCC12. The summed E-state index contributed by atoms with van der Waals surface area (Å²) in [7, 11) is 0. The van der Waals surface area contributed by atoms with E-state index in [9.17, 15) is 0 Å². The van der Waals surface area contributed by atoms with Crippen molar-refractivity contribution in [3.63, 3.8) is 0 Å². The number of allylic oxidation sites excluding steroid dienone is 1. The van der Waals surface area contributed by atoms with Gasteiger partial charge in [0.25, 0.3) is 0 Å². The normalized spacial score (nSPS) is 37.3. The van der Waals surface area contributed by atoms with Gasteiger partial charge in [-0.2, -0.15) is 0 Å². The lowest BCUT2D eigenvalue weighted by Crippen LogP contribution is -2.17. The van der Waals surface area contributed by atoms with Gasteiger partial charge in [0.05, 0.1) is 5.04 Å². The zero-order chi connectivity index (χ0) is 7.97. The van der Waals surface area contributed by atoms with Gasteiger partial charge in [0.2, 0.25) is 0 Å². The maximum absolute atomic E-state index is 4.62. The molecule has 3 heterocycles. The van der Waals surface area contributed by atoms with Gasteiger partial charge in [-0.1, -0.05) is 0 Å². The molecule has 3 rings (SSSR count). The van der Waals surface area contributed by atoms with Crippen LogP contribution in [0.3, 0.4) is 0 Å². The first-order chi connectivity index (χ1) is 5.95. The molecule has 0 N–H and O–H groups in total. The number of dihydropyridines is 1. The standard InChI is InChI=1S/C9H10N2S/c1-3-10-5-7-6-2-4-12-9(6)11-8(1)7/h1,3,6-7H,2,4-5H2. The molecular weight excluding hydrogens is 168 g/mol. The summed E-state index contributed by atoms with van der Waals surface area (Å²) >= 11 is 1.93. The summed E-state index contributed by atoms with van der Waals surface area (Å²) < 4.78 is 0. The Morgan fingerprint density at radius 1 is 1.42 bits per heavy atom. The minimum absolute atomic E-state index is 0.625. The molecule has 0 spiro atoms. The molecule has 0 aromatic rings. The summed E-state index contributed by atoms with van der Waals surface area (Å²) in [6.07, 6.45) is 5.27. The third kappa shape index (κ3) is 0.829. The van der Waals surface area contributed by atoms with Crippen molar-refractivity contribution in [1.29, 1.82) is 0 Å². The summed E-state index contributed by atoms with van der Waals surface area (Å²) in [5.74, 6) is 2.61. The van der Waals surface area contributed by atoms with Gasteiger partial charge in [-0.15, -0.1) is 11.8 Å². The first-order valence-electron chi connectivity index (χ1n) is 4.36. The Bertz CT molecular complexity index is 304. The van der Waals surface area contributed by atoms with Crippen molar-refractivity contribution in [2.75, 3.05) is 12.3 Å². The predicted molar refractivity (Wildman–Crippen MR) is 52.9 cm³/mol. The molecule has 62 valence electrons. The number of aliphatic imine (C=N–C) groups is 2. The second kappa shape index (κ2) is 2.46. The molecule has 2 atom stereocenters. The van der Waals surface area contributed by atoms with E-state index in [1.807, 2.05) is 18.0 Å². The average Bonchev–Trinajstić information content (AvgIpc) is 2.62. The van der Waals surface area contributed by atoms with Gasteiger partial charge in [0, 0.05) is 30.3 Å². The van der Waals surface area contributed by atoms with Crippen molar-refractivity contribution in [1.82, 2.24) is 0 Å². The lowest BCUT2D eigenvalue weighted by molar-refractivity contribution is 0.506. The fraction of sp³-hybridized carbons (Fsp3) is 0.556. The van der Waals surface area contributed by atoms with E-state index in [0.29, 0.717) is 5.92 Å². The molecule has 0 aromatic heterocycles. The van der Waals surface area contributed by atoms with E-state index in [0.717, 1.165) is 12.5 Å². The summed E-state index contributed by atoms with van der Waals surface area (Å²) in [5, 5.41) is 1.37. The number of rotatable bonds is 0. The van der Waals surface area contributed by atoms with Crippen LogP contribution in [-0.4, -0.2) is 23.6 Å². The van der Waals surface area contributed by atoms with E-state index in [2.05, 4.69) is 16.1 Å². The molecule has 1 fully saturated rings. The molecule has 3 aliphatic heterocycles. The molecule has 1 saturated heterocycles. The third-order valence-corrected chi connectivity index (χ3v) is 3.88. The van der Waals surface area contributed by atoms with Crippen LogP contribution in [0, 0.1) is 11.8 Å². The van der Waals surface area contributed by atoms with E-state index in [1.54, 1.807) is 0 Å². The van der Waals surface area contributed by atoms with Crippen LogP contribution in [0.15, 0.2) is 21.8 Å². The van der Waals surface area contributed by atoms with Crippen LogP contribution in [0.5, 0.6) is 0 Å². The van der Waals surface area contributed by atoms with Crippen molar-refractivity contribution >= 4 is 23.0 Å². The van der Waals surface area contributed by atoms with E-state index in [1.165, 1.54) is 22.9 Å². The molecule has 0 aromatic carbocycles. The summed E-state index contributed by atoms with van der Waals surface area (Å²) in [6.45, 7) is 0.962. The van der Waals surface area contributed by atoms with Crippen LogP contribution in [0.2, 0.25) is 0 Å². The molecule has 0 bridgehead atoms. The Morgan fingerprint density at radius 2 is 2.42 bits per heavy atom. The van der Waals surface area contributed by atoms with Crippen LogP contribution in [-0.2, 0) is 0 Å². The van der Waals surface area contributed by atoms with E-state index < -0.39 is 0 Å². The van der Waals surface area contributed by atoms with Gasteiger partial charge < -0.3 is 0 Å². The predicted octanol–water partition coefficient (Wildman–Crippen LogP) is 1.74. The Labute approximate surface area is 75.9 Å². The van der Waals surface area contributed by atoms with Gasteiger partial charge in [0.1, 0.15) is 0 Å². The fourth-order valence-corrected chi connectivity index (χ4v) is 3.36. The van der Waals surface area contributed by atoms with Crippen molar-refractivity contribution in [3.8, 4) is 0 Å². The smallest absolute Gasteiger partial charge is 0.0773 e. The van der Waals surface area contributed by atoms with Crippen molar-refractivity contribution in [2.24, 2.45) is 21.8 Å². The zero-order valence-corrected chi connectivity index (χ0v) is 7.55. The monoisotopic (exact) mass is 178 g/mol. The Hall–Kier alpha value is -0.570. The number of thioether (sulfide) groups is 1. The van der Waals surface area contributed by atoms with E-state index >= 15 is 0 Å². The highest BCUT2D eigenvalue weighted by atomic mass is 32.2. The molecule has 0 aliphatic carbocycles. The van der Waals surface area contributed by atoms with Gasteiger partial charge in [-0.05, 0) is 18.2 Å². The molecule has 0 saturated carbocycles. The quantitative estimate of drug-likeness (QED) is 0.554. The summed E-state index contributed by atoms with van der Waals surface area (Å²) in [6, 6.07) is 0. The maximum Gasteiger partial charge on any atom is 0.0773 e. The van der Waals surface area contributed by atoms with Crippen molar-refractivity contribution in [2.45, 2.75) is 6.42 Å².